The molecule has 106 valence electrons. The van der Waals surface area contributed by atoms with Gasteiger partial charge in [0.25, 0.3) is 6.02 Å². The lowest BCUT2D eigenvalue weighted by Crippen LogP contribution is -2.61. The maximum Gasteiger partial charge on any atom is 0.292 e. The molecule has 1 atom stereocenters. The van der Waals surface area contributed by atoms with Gasteiger partial charge in [0.05, 0.1) is 18.9 Å². The summed E-state index contributed by atoms with van der Waals surface area (Å²) in [5.74, 6) is 0.423. The van der Waals surface area contributed by atoms with Crippen LogP contribution in [0, 0.1) is 11.7 Å². The van der Waals surface area contributed by atoms with Gasteiger partial charge in [-0.2, -0.15) is 0 Å². The van der Waals surface area contributed by atoms with Crippen molar-refractivity contribution in [1.29, 1.82) is 0 Å². The van der Waals surface area contributed by atoms with E-state index in [1.807, 2.05) is 0 Å². The van der Waals surface area contributed by atoms with Crippen LogP contribution in [0.25, 0.3) is 0 Å². The van der Waals surface area contributed by atoms with E-state index in [9.17, 15) is 4.39 Å². The maximum absolute atomic E-state index is 12.8. The Bertz CT molecular complexity index is 540. The maximum atomic E-state index is 12.8. The van der Waals surface area contributed by atoms with Crippen molar-refractivity contribution < 1.29 is 9.13 Å². The van der Waals surface area contributed by atoms with E-state index >= 15 is 0 Å². The molecule has 0 radical (unpaired) electrons. The number of nitrogens with zero attached hydrogens (tertiary/aromatic N) is 4. The van der Waals surface area contributed by atoms with Gasteiger partial charge >= 0.3 is 0 Å². The molecule has 5 heterocycles. The Balaban J connectivity index is 1.46. The zero-order valence-electron chi connectivity index (χ0n) is 11.0. The van der Waals surface area contributed by atoms with E-state index in [2.05, 4.69) is 25.2 Å². The highest BCUT2D eigenvalue weighted by Crippen LogP contribution is 2.40. The first-order valence-corrected chi connectivity index (χ1v) is 6.94. The molecule has 6 nitrogen and oxygen atoms in total. The van der Waals surface area contributed by atoms with Crippen molar-refractivity contribution in [3.05, 3.63) is 18.2 Å². The second-order valence-corrected chi connectivity index (χ2v) is 5.69. The summed E-state index contributed by atoms with van der Waals surface area (Å²) in [7, 11) is 0. The fraction of sp³-hybridized carbons (Fsp3) is 0.615. The largest absolute Gasteiger partial charge is 0.455 e. The molecule has 0 saturated carbocycles. The van der Waals surface area contributed by atoms with Crippen molar-refractivity contribution in [1.82, 2.24) is 14.9 Å². The average Bonchev–Trinajstić information content (AvgIpc) is 2.85. The van der Waals surface area contributed by atoms with Crippen molar-refractivity contribution in [2.24, 2.45) is 10.9 Å². The predicted octanol–water partition coefficient (Wildman–Crippen LogP) is 0.878. The van der Waals surface area contributed by atoms with Gasteiger partial charge in [0.1, 0.15) is 5.60 Å². The monoisotopic (exact) mass is 277 g/mol. The van der Waals surface area contributed by atoms with Gasteiger partial charge in [-0.05, 0) is 25.9 Å². The van der Waals surface area contributed by atoms with Crippen LogP contribution in [-0.2, 0) is 4.74 Å². The van der Waals surface area contributed by atoms with Gasteiger partial charge in [0.15, 0.2) is 5.82 Å². The highest BCUT2D eigenvalue weighted by atomic mass is 19.1. The van der Waals surface area contributed by atoms with Crippen LogP contribution in [0.1, 0.15) is 12.8 Å². The highest BCUT2D eigenvalue weighted by molar-refractivity contribution is 5.88. The van der Waals surface area contributed by atoms with E-state index in [0.29, 0.717) is 24.4 Å². The van der Waals surface area contributed by atoms with Crippen molar-refractivity contribution in [2.75, 3.05) is 31.5 Å². The van der Waals surface area contributed by atoms with Crippen LogP contribution in [0.15, 0.2) is 17.4 Å². The van der Waals surface area contributed by atoms with Crippen LogP contribution in [0.2, 0.25) is 0 Å². The van der Waals surface area contributed by atoms with Crippen LogP contribution in [0.4, 0.5) is 10.3 Å². The van der Waals surface area contributed by atoms with Gasteiger partial charge < -0.3 is 4.74 Å². The number of ether oxygens (including phenoxy) is 1. The number of amidine groups is 1. The van der Waals surface area contributed by atoms with Crippen molar-refractivity contribution >= 4 is 12.0 Å². The number of nitrogens with one attached hydrogen (secondary N) is 1. The molecule has 1 aromatic heterocycles. The van der Waals surface area contributed by atoms with E-state index in [1.165, 1.54) is 25.9 Å². The van der Waals surface area contributed by atoms with E-state index in [-0.39, 0.29) is 5.60 Å². The molecule has 0 aliphatic carbocycles. The lowest BCUT2D eigenvalue weighted by molar-refractivity contribution is -0.0829. The molecule has 2 bridgehead atoms. The van der Waals surface area contributed by atoms with Gasteiger partial charge in [0, 0.05) is 12.5 Å². The number of halogens is 1. The van der Waals surface area contributed by atoms with E-state index in [0.717, 1.165) is 18.9 Å². The van der Waals surface area contributed by atoms with Gasteiger partial charge in [-0.25, -0.2) is 19.4 Å². The Labute approximate surface area is 116 Å². The number of aromatic nitrogens is 2. The minimum atomic E-state index is -0.460. The average molecular weight is 277 g/mol. The molecule has 1 unspecified atom stereocenters. The third-order valence-electron chi connectivity index (χ3n) is 4.45. The van der Waals surface area contributed by atoms with E-state index < -0.39 is 5.82 Å². The summed E-state index contributed by atoms with van der Waals surface area (Å²) in [6, 6.07) is 0.449. The summed E-state index contributed by atoms with van der Waals surface area (Å²) in [6.07, 6.45) is 4.59. The van der Waals surface area contributed by atoms with Crippen LogP contribution in [-0.4, -0.2) is 52.7 Å². The number of hydrogen-bond donors (Lipinski definition) is 1. The normalized spacial score (nSPS) is 35.0. The number of hydrogen-bond acceptors (Lipinski definition) is 6. The first kappa shape index (κ1) is 12.0. The molecule has 0 aromatic carbocycles. The molecule has 5 rings (SSSR count). The first-order chi connectivity index (χ1) is 9.73. The smallest absolute Gasteiger partial charge is 0.292 e. The third-order valence-corrected chi connectivity index (χ3v) is 4.45. The SMILES string of the molecule is Fc1cnc(NC2=NCC3(CN4CCC3CC4)O2)nc1. The van der Waals surface area contributed by atoms with Gasteiger partial charge in [-0.1, -0.05) is 0 Å². The molecular weight excluding hydrogens is 261 g/mol. The zero-order valence-corrected chi connectivity index (χ0v) is 11.0. The topological polar surface area (TPSA) is 62.6 Å². The third kappa shape index (κ3) is 1.93. The van der Waals surface area contributed by atoms with Crippen molar-refractivity contribution in [3.63, 3.8) is 0 Å². The Morgan fingerprint density at radius 3 is 2.70 bits per heavy atom. The molecule has 4 aliphatic rings. The molecule has 3 fully saturated rings. The number of fused-ring (bicyclic) bond motifs is 2. The van der Waals surface area contributed by atoms with E-state index in [4.69, 9.17) is 4.74 Å². The molecule has 3 saturated heterocycles. The highest BCUT2D eigenvalue weighted by Gasteiger charge is 2.51. The second-order valence-electron chi connectivity index (χ2n) is 5.69. The van der Waals surface area contributed by atoms with Crippen molar-refractivity contribution in [3.8, 4) is 0 Å². The number of anilines is 1. The zero-order chi connectivity index (χ0) is 13.6. The summed E-state index contributed by atoms with van der Waals surface area (Å²) in [5, 5.41) is 2.92. The van der Waals surface area contributed by atoms with Crippen LogP contribution in [0.3, 0.4) is 0 Å². The van der Waals surface area contributed by atoms with Crippen molar-refractivity contribution in [2.45, 2.75) is 18.4 Å². The first-order valence-electron chi connectivity index (χ1n) is 6.94. The molecule has 20 heavy (non-hydrogen) atoms. The molecule has 7 heteroatoms. The lowest BCUT2D eigenvalue weighted by Gasteiger charge is -2.50. The molecular formula is C13H16FN5O. The quantitative estimate of drug-likeness (QED) is 0.825. The lowest BCUT2D eigenvalue weighted by atomic mass is 9.75. The van der Waals surface area contributed by atoms with Gasteiger partial charge in [-0.3, -0.25) is 10.2 Å². The standard InChI is InChI=1S/C13H16FN5O/c14-10-5-15-11(16-6-10)18-12-17-7-13(20-12)8-19-3-1-9(13)2-4-19/h5-6,9H,1-4,7-8H2,(H,15,16,17,18). The summed E-state index contributed by atoms with van der Waals surface area (Å²) >= 11 is 0. The Morgan fingerprint density at radius 2 is 2.05 bits per heavy atom. The Hall–Kier alpha value is -1.76. The van der Waals surface area contributed by atoms with Crippen LogP contribution >= 0.6 is 0 Å². The molecule has 1 spiro atoms. The Morgan fingerprint density at radius 1 is 1.30 bits per heavy atom. The molecule has 0 amide bonds. The molecule has 1 N–H and O–H groups in total. The minimum Gasteiger partial charge on any atom is -0.455 e. The number of aliphatic imine (C=N–C) groups is 1. The van der Waals surface area contributed by atoms with Gasteiger partial charge in [-0.15, -0.1) is 0 Å². The predicted molar refractivity (Wildman–Crippen MR) is 70.9 cm³/mol. The summed E-state index contributed by atoms with van der Waals surface area (Å²) in [6.45, 7) is 3.95. The number of piperidine rings is 3. The van der Waals surface area contributed by atoms with Gasteiger partial charge in [0.2, 0.25) is 5.95 Å². The molecule has 1 aromatic rings. The minimum absolute atomic E-state index is 0.182. The fourth-order valence-electron chi connectivity index (χ4n) is 3.42. The summed E-state index contributed by atoms with van der Waals surface area (Å²) < 4.78 is 18.8. The van der Waals surface area contributed by atoms with Crippen LogP contribution in [0.5, 0.6) is 0 Å². The van der Waals surface area contributed by atoms with E-state index in [1.54, 1.807) is 0 Å². The Kier molecular flexibility index (Phi) is 2.63. The summed E-state index contributed by atoms with van der Waals surface area (Å²) in [4.78, 5) is 14.6. The molecule has 4 aliphatic heterocycles. The van der Waals surface area contributed by atoms with Crippen LogP contribution < -0.4 is 5.32 Å². The fourth-order valence-corrected chi connectivity index (χ4v) is 3.42. The number of rotatable bonds is 1. The second kappa shape index (κ2) is 4.37. The summed E-state index contributed by atoms with van der Waals surface area (Å²) in [5.41, 5.74) is -0.182.